The zero-order valence-electron chi connectivity index (χ0n) is 22.3. The molecular formula is C31H57N. The molecule has 0 amide bonds. The predicted octanol–water partition coefficient (Wildman–Crippen LogP) is 10.6. The average Bonchev–Trinajstić information content (AvgIpc) is 2.80. The number of hydrogen-bond donors (Lipinski definition) is 0. The lowest BCUT2D eigenvalue weighted by Gasteiger charge is -2.25. The molecule has 0 saturated heterocycles. The van der Waals surface area contributed by atoms with Crippen LogP contribution in [0.25, 0.3) is 0 Å². The summed E-state index contributed by atoms with van der Waals surface area (Å²) in [5.74, 6) is 0. The van der Waals surface area contributed by atoms with Crippen LogP contribution < -0.4 is 4.90 Å². The van der Waals surface area contributed by atoms with E-state index in [1.165, 1.54) is 153 Å². The summed E-state index contributed by atoms with van der Waals surface area (Å²) >= 11 is 0. The first-order valence-corrected chi connectivity index (χ1v) is 14.6. The van der Waals surface area contributed by atoms with Gasteiger partial charge < -0.3 is 4.90 Å². The molecule has 1 heteroatoms. The number of benzene rings is 1. The lowest BCUT2D eigenvalue weighted by Crippen LogP contribution is -2.25. The summed E-state index contributed by atoms with van der Waals surface area (Å²) in [4.78, 5) is 2.67. The van der Waals surface area contributed by atoms with Crippen LogP contribution >= 0.6 is 0 Å². The summed E-state index contributed by atoms with van der Waals surface area (Å²) < 4.78 is 0. The monoisotopic (exact) mass is 443 g/mol. The summed E-state index contributed by atoms with van der Waals surface area (Å²) in [5, 5.41) is 0. The first kappa shape index (κ1) is 29.1. The molecule has 0 aliphatic rings. The minimum absolute atomic E-state index is 1.23. The van der Waals surface area contributed by atoms with Crippen LogP contribution in [-0.2, 0) is 0 Å². The molecule has 1 rings (SSSR count). The third-order valence-electron chi connectivity index (χ3n) is 6.93. The van der Waals surface area contributed by atoms with Gasteiger partial charge in [-0.1, -0.05) is 142 Å². The molecule has 186 valence electrons. The van der Waals surface area contributed by atoms with Crippen molar-refractivity contribution in [2.24, 2.45) is 0 Å². The second kappa shape index (κ2) is 21.8. The van der Waals surface area contributed by atoms with Gasteiger partial charge in [0.2, 0.25) is 0 Å². The van der Waals surface area contributed by atoms with E-state index < -0.39 is 0 Å². The van der Waals surface area contributed by atoms with Crippen LogP contribution in [0.1, 0.15) is 148 Å². The standard InChI is InChI=1S/C31H57N/c1-4-6-8-10-12-14-16-18-20-22-27-32(31-26-24-25-30(3)29-31)28-23-21-19-17-15-13-11-9-7-5-2/h24-26,29H,4-23,27-28H2,1-3H3. The van der Waals surface area contributed by atoms with Crippen molar-refractivity contribution in [1.82, 2.24) is 0 Å². The van der Waals surface area contributed by atoms with Gasteiger partial charge in [0.1, 0.15) is 0 Å². The second-order valence-corrected chi connectivity index (χ2v) is 10.2. The van der Waals surface area contributed by atoms with Crippen LogP contribution in [0.4, 0.5) is 5.69 Å². The van der Waals surface area contributed by atoms with E-state index >= 15 is 0 Å². The highest BCUT2D eigenvalue weighted by Gasteiger charge is 2.06. The van der Waals surface area contributed by atoms with Crippen molar-refractivity contribution in [2.75, 3.05) is 18.0 Å². The Morgan fingerprint density at radius 2 is 0.875 bits per heavy atom. The maximum atomic E-state index is 2.67. The van der Waals surface area contributed by atoms with E-state index in [4.69, 9.17) is 0 Å². The number of rotatable bonds is 23. The van der Waals surface area contributed by atoms with Crippen LogP contribution in [0.5, 0.6) is 0 Å². The van der Waals surface area contributed by atoms with E-state index in [0.29, 0.717) is 0 Å². The number of hydrogen-bond acceptors (Lipinski definition) is 1. The molecule has 0 unspecified atom stereocenters. The number of nitrogens with zero attached hydrogens (tertiary/aromatic N) is 1. The lowest BCUT2D eigenvalue weighted by molar-refractivity contribution is 0.543. The number of unbranched alkanes of at least 4 members (excludes halogenated alkanes) is 18. The predicted molar refractivity (Wildman–Crippen MR) is 147 cm³/mol. The van der Waals surface area contributed by atoms with E-state index in [9.17, 15) is 0 Å². The first-order valence-electron chi connectivity index (χ1n) is 14.6. The maximum absolute atomic E-state index is 2.67. The van der Waals surface area contributed by atoms with E-state index in [-0.39, 0.29) is 0 Å². The van der Waals surface area contributed by atoms with Gasteiger partial charge in [-0.25, -0.2) is 0 Å². The van der Waals surface area contributed by atoms with Gasteiger partial charge >= 0.3 is 0 Å². The van der Waals surface area contributed by atoms with Crippen LogP contribution in [0.2, 0.25) is 0 Å². The molecule has 1 aromatic carbocycles. The molecule has 0 aliphatic heterocycles. The highest BCUT2D eigenvalue weighted by Crippen LogP contribution is 2.19. The molecule has 0 radical (unpaired) electrons. The summed E-state index contributed by atoms with van der Waals surface area (Å²) in [6.07, 6.45) is 28.4. The Balaban J connectivity index is 2.17. The molecule has 1 nitrogen and oxygen atoms in total. The molecule has 0 N–H and O–H groups in total. The van der Waals surface area contributed by atoms with Crippen molar-refractivity contribution in [3.8, 4) is 0 Å². The van der Waals surface area contributed by atoms with Gasteiger partial charge in [0, 0.05) is 18.8 Å². The fourth-order valence-corrected chi connectivity index (χ4v) is 4.77. The van der Waals surface area contributed by atoms with Gasteiger partial charge in [0.05, 0.1) is 0 Å². The molecule has 0 fully saturated rings. The van der Waals surface area contributed by atoms with Gasteiger partial charge in [0.25, 0.3) is 0 Å². The maximum Gasteiger partial charge on any atom is 0.0368 e. The van der Waals surface area contributed by atoms with E-state index in [1.54, 1.807) is 0 Å². The summed E-state index contributed by atoms with van der Waals surface area (Å²) in [6.45, 7) is 9.30. The van der Waals surface area contributed by atoms with Crippen molar-refractivity contribution in [3.63, 3.8) is 0 Å². The average molecular weight is 444 g/mol. The molecule has 0 spiro atoms. The Bertz CT molecular complexity index is 485. The fourth-order valence-electron chi connectivity index (χ4n) is 4.77. The van der Waals surface area contributed by atoms with Crippen LogP contribution in [0.15, 0.2) is 24.3 Å². The first-order chi connectivity index (χ1) is 15.8. The topological polar surface area (TPSA) is 3.24 Å². The normalized spacial score (nSPS) is 11.2. The van der Waals surface area contributed by atoms with Gasteiger partial charge in [-0.15, -0.1) is 0 Å². The highest BCUT2D eigenvalue weighted by atomic mass is 15.1. The van der Waals surface area contributed by atoms with E-state index in [0.717, 1.165) is 0 Å². The van der Waals surface area contributed by atoms with Crippen LogP contribution in [0.3, 0.4) is 0 Å². The quantitative estimate of drug-likeness (QED) is 0.152. The summed E-state index contributed by atoms with van der Waals surface area (Å²) in [6, 6.07) is 9.16. The Labute approximate surface area is 202 Å². The lowest BCUT2D eigenvalue weighted by atomic mass is 10.1. The minimum atomic E-state index is 1.23. The summed E-state index contributed by atoms with van der Waals surface area (Å²) in [5.41, 5.74) is 2.83. The van der Waals surface area contributed by atoms with Crippen LogP contribution in [-0.4, -0.2) is 13.1 Å². The van der Waals surface area contributed by atoms with Gasteiger partial charge in [0.15, 0.2) is 0 Å². The molecule has 1 aromatic rings. The zero-order valence-corrected chi connectivity index (χ0v) is 22.3. The van der Waals surface area contributed by atoms with E-state index in [2.05, 4.69) is 49.9 Å². The van der Waals surface area contributed by atoms with Crippen molar-refractivity contribution >= 4 is 5.69 Å². The fraction of sp³-hybridized carbons (Fsp3) is 0.806. The third-order valence-corrected chi connectivity index (χ3v) is 6.93. The zero-order chi connectivity index (χ0) is 23.1. The molecule has 0 saturated carbocycles. The Kier molecular flexibility index (Phi) is 19.8. The Morgan fingerprint density at radius 1 is 0.500 bits per heavy atom. The molecule has 0 atom stereocenters. The number of aryl methyl sites for hydroxylation is 1. The van der Waals surface area contributed by atoms with Gasteiger partial charge in [-0.2, -0.15) is 0 Å². The van der Waals surface area contributed by atoms with E-state index in [1.807, 2.05) is 0 Å². The van der Waals surface area contributed by atoms with Gasteiger partial charge in [-0.05, 0) is 37.5 Å². The summed E-state index contributed by atoms with van der Waals surface area (Å²) in [7, 11) is 0. The minimum Gasteiger partial charge on any atom is -0.372 e. The van der Waals surface area contributed by atoms with Crippen molar-refractivity contribution in [3.05, 3.63) is 29.8 Å². The molecule has 0 aromatic heterocycles. The molecule has 32 heavy (non-hydrogen) atoms. The number of anilines is 1. The highest BCUT2D eigenvalue weighted by molar-refractivity contribution is 5.48. The molecule has 0 heterocycles. The Morgan fingerprint density at radius 3 is 1.25 bits per heavy atom. The molecular weight excluding hydrogens is 386 g/mol. The third kappa shape index (κ3) is 16.6. The second-order valence-electron chi connectivity index (χ2n) is 10.2. The van der Waals surface area contributed by atoms with Crippen molar-refractivity contribution in [2.45, 2.75) is 149 Å². The smallest absolute Gasteiger partial charge is 0.0368 e. The van der Waals surface area contributed by atoms with Crippen molar-refractivity contribution in [1.29, 1.82) is 0 Å². The molecule has 0 bridgehead atoms. The largest absolute Gasteiger partial charge is 0.372 e. The molecule has 0 aliphatic carbocycles. The van der Waals surface area contributed by atoms with Gasteiger partial charge in [-0.3, -0.25) is 0 Å². The van der Waals surface area contributed by atoms with Crippen LogP contribution in [0, 0.1) is 6.92 Å². The Hall–Kier alpha value is -0.980. The van der Waals surface area contributed by atoms with Crippen molar-refractivity contribution < 1.29 is 0 Å². The SMILES string of the molecule is CCCCCCCCCCCCN(CCCCCCCCCCCC)c1cccc(C)c1.